The molecule has 8 nitrogen and oxygen atoms in total. The number of esters is 1. The lowest BCUT2D eigenvalue weighted by molar-refractivity contribution is -0.385. The molecule has 1 unspecified atom stereocenters. The molecule has 1 atom stereocenters. The van der Waals surface area contributed by atoms with Crippen LogP contribution in [0.1, 0.15) is 28.4 Å². The van der Waals surface area contributed by atoms with E-state index >= 15 is 0 Å². The van der Waals surface area contributed by atoms with Crippen LogP contribution in [0.25, 0.3) is 0 Å². The molecule has 3 rings (SSSR count). The second-order valence-electron chi connectivity index (χ2n) is 5.91. The molecule has 0 N–H and O–H groups in total. The number of nitrogens with zero attached hydrogens (tertiary/aromatic N) is 2. The summed E-state index contributed by atoms with van der Waals surface area (Å²) >= 11 is 0. The van der Waals surface area contributed by atoms with Crippen LogP contribution in [0, 0.1) is 10.1 Å². The summed E-state index contributed by atoms with van der Waals surface area (Å²) < 4.78 is 48.5. The Balaban J connectivity index is 1.80. The minimum atomic E-state index is -4.58. The standard InChI is InChI=1S/C18H13F3N2O6/c1-27-15-8-10(14-9-16(22-29-14)18(19,20)21)6-7-13(15)28-17(24)11-4-2-3-5-12(11)23(25)26/h2-8,14H,9H2,1H3. The molecule has 152 valence electrons. The Morgan fingerprint density at radius 1 is 1.24 bits per heavy atom. The number of carbonyl (C=O) groups excluding carboxylic acids is 1. The van der Waals surface area contributed by atoms with Gasteiger partial charge in [-0.15, -0.1) is 0 Å². The van der Waals surface area contributed by atoms with Crippen molar-refractivity contribution >= 4 is 17.4 Å². The summed E-state index contributed by atoms with van der Waals surface area (Å²) in [4.78, 5) is 27.5. The molecule has 2 aromatic rings. The minimum absolute atomic E-state index is 0.0403. The number of halogens is 3. The second-order valence-corrected chi connectivity index (χ2v) is 5.91. The summed E-state index contributed by atoms with van der Waals surface area (Å²) in [6.07, 6.45) is -6.03. The topological polar surface area (TPSA) is 100 Å². The summed E-state index contributed by atoms with van der Waals surface area (Å²) in [6.45, 7) is 0. The number of alkyl halides is 3. The van der Waals surface area contributed by atoms with E-state index in [9.17, 15) is 28.1 Å². The molecular weight excluding hydrogens is 397 g/mol. The number of nitro groups is 1. The fraction of sp³-hybridized carbons (Fsp3) is 0.222. The van der Waals surface area contributed by atoms with Gasteiger partial charge in [0.15, 0.2) is 23.3 Å². The molecule has 11 heteroatoms. The van der Waals surface area contributed by atoms with E-state index in [1.807, 2.05) is 0 Å². The van der Waals surface area contributed by atoms with Crippen molar-refractivity contribution in [2.75, 3.05) is 7.11 Å². The molecule has 0 saturated carbocycles. The highest BCUT2D eigenvalue weighted by atomic mass is 19.4. The van der Waals surface area contributed by atoms with Crippen molar-refractivity contribution in [1.29, 1.82) is 0 Å². The van der Waals surface area contributed by atoms with Crippen molar-refractivity contribution in [1.82, 2.24) is 0 Å². The normalized spacial score (nSPS) is 16.0. The van der Waals surface area contributed by atoms with Gasteiger partial charge in [0.25, 0.3) is 5.69 Å². The zero-order valence-electron chi connectivity index (χ0n) is 14.8. The maximum absolute atomic E-state index is 12.7. The fourth-order valence-corrected chi connectivity index (χ4v) is 2.65. The molecule has 2 aromatic carbocycles. The van der Waals surface area contributed by atoms with Crippen molar-refractivity contribution in [2.24, 2.45) is 5.16 Å². The van der Waals surface area contributed by atoms with Crippen LogP contribution in [0.5, 0.6) is 11.5 Å². The molecule has 1 aliphatic rings. The average Bonchev–Trinajstić information content (AvgIpc) is 3.19. The maximum atomic E-state index is 12.7. The largest absolute Gasteiger partial charge is 0.493 e. The van der Waals surface area contributed by atoms with Gasteiger partial charge in [-0.2, -0.15) is 13.2 Å². The molecule has 0 aromatic heterocycles. The van der Waals surface area contributed by atoms with Gasteiger partial charge in [0.2, 0.25) is 0 Å². The highest BCUT2D eigenvalue weighted by Gasteiger charge is 2.42. The summed E-state index contributed by atoms with van der Waals surface area (Å²) in [5, 5.41) is 14.1. The second kappa shape index (κ2) is 7.78. The van der Waals surface area contributed by atoms with Gasteiger partial charge in [0.05, 0.1) is 12.0 Å². The number of oxime groups is 1. The summed E-state index contributed by atoms with van der Waals surface area (Å²) in [5.41, 5.74) is -1.39. The van der Waals surface area contributed by atoms with E-state index in [0.29, 0.717) is 5.56 Å². The molecule has 0 fully saturated rings. The maximum Gasteiger partial charge on any atom is 0.432 e. The van der Waals surface area contributed by atoms with Crippen LogP contribution in [-0.4, -0.2) is 29.9 Å². The number of rotatable bonds is 5. The van der Waals surface area contributed by atoms with E-state index in [2.05, 4.69) is 5.16 Å². The number of benzene rings is 2. The van der Waals surface area contributed by atoms with Gasteiger partial charge in [-0.25, -0.2) is 4.79 Å². The molecular formula is C18H13F3N2O6. The number of para-hydroxylation sites is 1. The lowest BCUT2D eigenvalue weighted by atomic mass is 10.0. The Morgan fingerprint density at radius 3 is 2.59 bits per heavy atom. The Hall–Kier alpha value is -3.63. The van der Waals surface area contributed by atoms with Gasteiger partial charge in [-0.05, 0) is 23.8 Å². The minimum Gasteiger partial charge on any atom is -0.493 e. The predicted molar refractivity (Wildman–Crippen MR) is 93.0 cm³/mol. The third-order valence-corrected chi connectivity index (χ3v) is 4.08. The summed E-state index contributed by atoms with van der Waals surface area (Å²) in [6, 6.07) is 9.29. The molecule has 0 amide bonds. The van der Waals surface area contributed by atoms with Crippen molar-refractivity contribution in [3.8, 4) is 11.5 Å². The zero-order chi connectivity index (χ0) is 21.2. The quantitative estimate of drug-likeness (QED) is 0.317. The van der Waals surface area contributed by atoms with Gasteiger partial charge in [0, 0.05) is 12.5 Å². The third-order valence-electron chi connectivity index (χ3n) is 4.08. The number of carbonyl (C=O) groups is 1. The van der Waals surface area contributed by atoms with Crippen LogP contribution in [-0.2, 0) is 4.84 Å². The molecule has 0 spiro atoms. The number of methoxy groups -OCH3 is 1. The summed E-state index contributed by atoms with van der Waals surface area (Å²) in [5.74, 6) is -1.00. The Kier molecular flexibility index (Phi) is 5.39. The first-order valence-electron chi connectivity index (χ1n) is 8.14. The first-order valence-corrected chi connectivity index (χ1v) is 8.14. The van der Waals surface area contributed by atoms with Crippen molar-refractivity contribution in [2.45, 2.75) is 18.7 Å². The van der Waals surface area contributed by atoms with E-state index in [-0.39, 0.29) is 17.1 Å². The molecule has 0 bridgehead atoms. The summed E-state index contributed by atoms with van der Waals surface area (Å²) in [7, 11) is 1.27. The van der Waals surface area contributed by atoms with E-state index in [1.54, 1.807) is 0 Å². The third kappa shape index (κ3) is 4.28. The monoisotopic (exact) mass is 410 g/mol. The van der Waals surface area contributed by atoms with Crippen LogP contribution < -0.4 is 9.47 Å². The molecule has 29 heavy (non-hydrogen) atoms. The van der Waals surface area contributed by atoms with E-state index < -0.39 is 41.0 Å². The lowest BCUT2D eigenvalue weighted by Crippen LogP contribution is -2.21. The zero-order valence-corrected chi connectivity index (χ0v) is 14.8. The first-order chi connectivity index (χ1) is 13.7. The highest BCUT2D eigenvalue weighted by Crippen LogP contribution is 2.37. The molecule has 0 saturated heterocycles. The van der Waals surface area contributed by atoms with Crippen LogP contribution in [0.15, 0.2) is 47.6 Å². The van der Waals surface area contributed by atoms with Crippen LogP contribution in [0.2, 0.25) is 0 Å². The Bertz CT molecular complexity index is 990. The molecule has 1 aliphatic heterocycles. The Morgan fingerprint density at radius 2 is 1.97 bits per heavy atom. The van der Waals surface area contributed by atoms with E-state index in [1.165, 1.54) is 43.5 Å². The SMILES string of the molecule is COc1cc(C2CC(C(F)(F)F)=NO2)ccc1OC(=O)c1ccccc1[N+](=O)[O-]. The van der Waals surface area contributed by atoms with Crippen molar-refractivity contribution in [3.05, 3.63) is 63.7 Å². The van der Waals surface area contributed by atoms with Gasteiger partial charge in [0.1, 0.15) is 5.56 Å². The smallest absolute Gasteiger partial charge is 0.432 e. The van der Waals surface area contributed by atoms with Crippen LogP contribution in [0.4, 0.5) is 18.9 Å². The fourth-order valence-electron chi connectivity index (χ4n) is 2.65. The first kappa shape index (κ1) is 20.1. The molecule has 0 aliphatic carbocycles. The van der Waals surface area contributed by atoms with Crippen molar-refractivity contribution < 1.29 is 37.2 Å². The molecule has 1 heterocycles. The van der Waals surface area contributed by atoms with Gasteiger partial charge in [-0.1, -0.05) is 23.4 Å². The van der Waals surface area contributed by atoms with Crippen molar-refractivity contribution in [3.63, 3.8) is 0 Å². The Labute approximate surface area is 161 Å². The predicted octanol–water partition coefficient (Wildman–Crippen LogP) is 4.20. The lowest BCUT2D eigenvalue weighted by Gasteiger charge is -2.14. The van der Waals surface area contributed by atoms with E-state index in [0.717, 1.165) is 6.07 Å². The van der Waals surface area contributed by atoms with Crippen LogP contribution >= 0.6 is 0 Å². The number of hydrogen-bond acceptors (Lipinski definition) is 7. The number of nitro benzene ring substituents is 1. The highest BCUT2D eigenvalue weighted by molar-refractivity contribution is 5.95. The average molecular weight is 410 g/mol. The van der Waals surface area contributed by atoms with E-state index in [4.69, 9.17) is 14.3 Å². The number of hydrogen-bond donors (Lipinski definition) is 0. The van der Waals surface area contributed by atoms with Crippen LogP contribution in [0.3, 0.4) is 0 Å². The number of ether oxygens (including phenoxy) is 2. The molecule has 0 radical (unpaired) electrons. The van der Waals surface area contributed by atoms with Gasteiger partial charge in [-0.3, -0.25) is 10.1 Å². The van der Waals surface area contributed by atoms with Gasteiger partial charge >= 0.3 is 12.1 Å². The van der Waals surface area contributed by atoms with Gasteiger partial charge < -0.3 is 14.3 Å².